The highest BCUT2D eigenvalue weighted by Gasteiger charge is 2.45. The first-order chi connectivity index (χ1) is 24.7. The van der Waals surface area contributed by atoms with Crippen LogP contribution in [-0.2, 0) is 11.2 Å². The summed E-state index contributed by atoms with van der Waals surface area (Å²) in [5.41, 5.74) is 4.06. The minimum atomic E-state index is -0.712. The van der Waals surface area contributed by atoms with Crippen LogP contribution < -0.4 is 20.4 Å². The van der Waals surface area contributed by atoms with Crippen LogP contribution in [0.4, 0.5) is 31.1 Å². The number of aromatic nitrogens is 2. The molecule has 0 aliphatic carbocycles. The lowest BCUT2D eigenvalue weighted by molar-refractivity contribution is -0.000511. The average molecular weight is 727 g/mol. The maximum absolute atomic E-state index is 15.8. The summed E-state index contributed by atoms with van der Waals surface area (Å²) in [5, 5.41) is 4.91. The topological polar surface area (TPSA) is 117 Å². The smallest absolute Gasteiger partial charge is 0.270 e. The van der Waals surface area contributed by atoms with Crippen molar-refractivity contribution in [3.8, 4) is 10.4 Å². The van der Waals surface area contributed by atoms with E-state index < -0.39 is 16.9 Å². The molecule has 0 atom stereocenters. The number of hydrogen-bond donors (Lipinski definition) is 2. The molecule has 0 radical (unpaired) electrons. The zero-order chi connectivity index (χ0) is 35.3. The largest absolute Gasteiger partial charge is 0.381 e. The summed E-state index contributed by atoms with van der Waals surface area (Å²) >= 11 is 1.64. The Balaban J connectivity index is 0.986. The minimum Gasteiger partial charge on any atom is -0.381 e. The van der Waals surface area contributed by atoms with Crippen LogP contribution in [0.3, 0.4) is 0 Å². The highest BCUT2D eigenvalue weighted by atomic mass is 32.1. The molecule has 5 aromatic rings. The summed E-state index contributed by atoms with van der Waals surface area (Å²) in [6.07, 6.45) is 4.95. The van der Waals surface area contributed by atoms with Crippen molar-refractivity contribution < 1.29 is 27.9 Å². The van der Waals surface area contributed by atoms with Gasteiger partial charge in [0.25, 0.3) is 17.7 Å². The predicted octanol–water partition coefficient (Wildman–Crippen LogP) is 7.18. The molecule has 3 amide bonds. The molecule has 3 aliphatic heterocycles. The van der Waals surface area contributed by atoms with Gasteiger partial charge in [0.05, 0.1) is 17.4 Å². The Labute approximate surface area is 300 Å². The number of thiophene rings is 1. The molecule has 0 bridgehead atoms. The van der Waals surface area contributed by atoms with E-state index in [1.165, 1.54) is 0 Å². The monoisotopic (exact) mass is 726 g/mol. The number of thiazole rings is 1. The number of rotatable bonds is 6. The van der Waals surface area contributed by atoms with Crippen LogP contribution in [0.25, 0.3) is 10.4 Å². The van der Waals surface area contributed by atoms with Gasteiger partial charge in [-0.3, -0.25) is 19.7 Å². The second-order valence-electron chi connectivity index (χ2n) is 13.1. The molecule has 2 aromatic carbocycles. The number of ether oxygens (including phenoxy) is 1. The number of benzene rings is 2. The number of carbonyl (C=O) groups excluding carboxylic acids is 3. The fourth-order valence-electron chi connectivity index (χ4n) is 7.02. The number of pyridine rings is 1. The number of nitrogens with one attached hydrogen (secondary N) is 2. The van der Waals surface area contributed by atoms with Gasteiger partial charge >= 0.3 is 0 Å². The Kier molecular flexibility index (Phi) is 8.60. The number of nitrogens with zero attached hydrogens (tertiary/aromatic N) is 4. The number of aryl methyl sites for hydroxylation is 1. The van der Waals surface area contributed by atoms with Gasteiger partial charge in [0.1, 0.15) is 10.7 Å². The second-order valence-corrected chi connectivity index (χ2v) is 15.1. The summed E-state index contributed by atoms with van der Waals surface area (Å²) < 4.78 is 34.7. The van der Waals surface area contributed by atoms with Crippen LogP contribution in [0.1, 0.15) is 54.4 Å². The summed E-state index contributed by atoms with van der Waals surface area (Å²) in [5.74, 6) is -1.29. The van der Waals surface area contributed by atoms with E-state index in [9.17, 15) is 18.8 Å². The lowest BCUT2D eigenvalue weighted by atomic mass is 9.73. The molecule has 0 unspecified atom stereocenters. The maximum Gasteiger partial charge on any atom is 0.270 e. The minimum absolute atomic E-state index is 0.0374. The van der Waals surface area contributed by atoms with E-state index in [1.54, 1.807) is 59.6 Å². The molecule has 0 saturated carbocycles. The normalized spacial score (nSPS) is 16.1. The molecule has 14 heteroatoms. The molecule has 260 valence electrons. The Morgan fingerprint density at radius 2 is 1.69 bits per heavy atom. The molecular formula is C37H32F2N6O4S2. The van der Waals surface area contributed by atoms with E-state index >= 15 is 4.39 Å². The van der Waals surface area contributed by atoms with Crippen molar-refractivity contribution in [2.24, 2.45) is 5.41 Å². The van der Waals surface area contributed by atoms with Gasteiger partial charge in [-0.15, -0.1) is 11.3 Å². The number of halogens is 2. The van der Waals surface area contributed by atoms with E-state index in [2.05, 4.69) is 25.5 Å². The molecule has 10 nitrogen and oxygen atoms in total. The lowest BCUT2D eigenvalue weighted by Crippen LogP contribution is -2.59. The first-order valence-corrected chi connectivity index (χ1v) is 18.2. The van der Waals surface area contributed by atoms with Crippen molar-refractivity contribution in [3.05, 3.63) is 105 Å². The lowest BCUT2D eigenvalue weighted by Gasteiger charge is -2.53. The molecule has 6 heterocycles. The van der Waals surface area contributed by atoms with Crippen molar-refractivity contribution >= 4 is 62.7 Å². The van der Waals surface area contributed by atoms with Gasteiger partial charge in [-0.1, -0.05) is 29.5 Å². The Morgan fingerprint density at radius 1 is 0.922 bits per heavy atom. The zero-order valence-electron chi connectivity index (χ0n) is 27.5. The van der Waals surface area contributed by atoms with Crippen LogP contribution in [0.5, 0.6) is 0 Å². The van der Waals surface area contributed by atoms with Crippen molar-refractivity contribution in [1.82, 2.24) is 9.97 Å². The van der Waals surface area contributed by atoms with Crippen molar-refractivity contribution in [2.45, 2.75) is 26.2 Å². The first-order valence-electron chi connectivity index (χ1n) is 16.5. The number of fused-ring (bicyclic) bond motifs is 3. The van der Waals surface area contributed by atoms with Gasteiger partial charge in [0, 0.05) is 71.7 Å². The van der Waals surface area contributed by atoms with Crippen LogP contribution >= 0.6 is 22.7 Å². The van der Waals surface area contributed by atoms with Gasteiger partial charge < -0.3 is 19.9 Å². The number of hydrogen-bond acceptors (Lipinski definition) is 9. The highest BCUT2D eigenvalue weighted by molar-refractivity contribution is 7.18. The van der Waals surface area contributed by atoms with Crippen molar-refractivity contribution in [1.29, 1.82) is 0 Å². The molecule has 3 aliphatic rings. The molecular weight excluding hydrogens is 695 g/mol. The Bertz CT molecular complexity index is 2170. The van der Waals surface area contributed by atoms with Gasteiger partial charge in [-0.05, 0) is 68.1 Å². The third kappa shape index (κ3) is 6.28. The summed E-state index contributed by atoms with van der Waals surface area (Å²) in [7, 11) is 0. The summed E-state index contributed by atoms with van der Waals surface area (Å²) in [6.45, 7) is 5.29. The van der Waals surface area contributed by atoms with Gasteiger partial charge in [0.15, 0.2) is 16.1 Å². The molecule has 51 heavy (non-hydrogen) atoms. The highest BCUT2D eigenvalue weighted by Crippen LogP contribution is 2.44. The SMILES string of the molecule is Cc1cnc(N2CC3(CCOCC3)C2)c(C(=O)Nc2ccc(C(=O)N3CCc4c(sc(C(=O)Nc5ncc(F)s5)c4F)-c4ccccc43)cc2)c1. The van der Waals surface area contributed by atoms with Gasteiger partial charge in [0.2, 0.25) is 0 Å². The van der Waals surface area contributed by atoms with E-state index in [1.807, 2.05) is 13.0 Å². The standard InChI is InChI=1S/C37H32F2N6O4S2/c1-21-16-26(32(40-17-21)44-19-37(20-44)11-14-49-15-12-37)33(46)42-23-8-6-22(7-9-23)35(48)45-13-10-25-29(39)31(34(47)43-36-41-18-28(38)50-36)51-30(25)24-4-2-3-5-27(24)45/h2-9,16-18H,10-15,19-20H2,1H3,(H,42,46)(H,41,43,47). The second kappa shape index (κ2) is 13.2. The van der Waals surface area contributed by atoms with Crippen LogP contribution in [0.2, 0.25) is 0 Å². The quantitative estimate of drug-likeness (QED) is 0.191. The molecule has 8 rings (SSSR count). The molecule has 1 spiro atoms. The Morgan fingerprint density at radius 3 is 2.43 bits per heavy atom. The van der Waals surface area contributed by atoms with Crippen LogP contribution in [-0.4, -0.2) is 60.5 Å². The summed E-state index contributed by atoms with van der Waals surface area (Å²) in [4.78, 5) is 53.1. The van der Waals surface area contributed by atoms with E-state index in [4.69, 9.17) is 4.74 Å². The number of amides is 3. The van der Waals surface area contributed by atoms with Crippen molar-refractivity contribution in [2.75, 3.05) is 53.3 Å². The fourth-order valence-corrected chi connectivity index (χ4v) is 8.72. The maximum atomic E-state index is 15.8. The van der Waals surface area contributed by atoms with Gasteiger partial charge in [-0.2, -0.15) is 4.39 Å². The number of para-hydroxylation sites is 1. The number of carbonyl (C=O) groups is 3. The molecule has 2 fully saturated rings. The average Bonchev–Trinajstić information content (AvgIpc) is 3.64. The first kappa shape index (κ1) is 33.1. The van der Waals surface area contributed by atoms with Gasteiger partial charge in [-0.25, -0.2) is 14.4 Å². The van der Waals surface area contributed by atoms with Crippen LogP contribution in [0, 0.1) is 23.3 Å². The van der Waals surface area contributed by atoms with Crippen LogP contribution in [0.15, 0.2) is 67.0 Å². The summed E-state index contributed by atoms with van der Waals surface area (Å²) in [6, 6.07) is 15.7. The zero-order valence-corrected chi connectivity index (χ0v) is 29.1. The number of anilines is 4. The van der Waals surface area contributed by atoms with E-state index in [0.29, 0.717) is 55.7 Å². The fraction of sp³-hybridized carbons (Fsp3) is 0.270. The third-order valence-electron chi connectivity index (χ3n) is 9.66. The Hall–Kier alpha value is -5.05. The van der Waals surface area contributed by atoms with E-state index in [0.717, 1.165) is 62.2 Å². The molecule has 2 N–H and O–H groups in total. The van der Waals surface area contributed by atoms with Crippen molar-refractivity contribution in [3.63, 3.8) is 0 Å². The predicted molar refractivity (Wildman–Crippen MR) is 193 cm³/mol. The molecule has 3 aromatic heterocycles. The third-order valence-corrected chi connectivity index (χ3v) is 11.6. The van der Waals surface area contributed by atoms with E-state index in [-0.39, 0.29) is 40.2 Å². The molecule has 2 saturated heterocycles.